The van der Waals surface area contributed by atoms with Gasteiger partial charge in [0.1, 0.15) is 4.99 Å². The lowest BCUT2D eigenvalue weighted by molar-refractivity contribution is 0.625. The molecule has 2 aromatic rings. The Morgan fingerprint density at radius 2 is 1.95 bits per heavy atom. The van der Waals surface area contributed by atoms with Gasteiger partial charge >= 0.3 is 0 Å². The van der Waals surface area contributed by atoms with Crippen molar-refractivity contribution >= 4 is 56.1 Å². The summed E-state index contributed by atoms with van der Waals surface area (Å²) < 4.78 is 14.5. The molecule has 0 heterocycles. The minimum atomic E-state index is -0.440. The molecule has 3 N–H and O–H groups in total. The average molecular weight is 374 g/mol. The number of nitrogens with two attached hydrogens (primary N) is 1. The number of rotatable bonds is 3. The van der Waals surface area contributed by atoms with Gasteiger partial charge in [-0.15, -0.1) is 0 Å². The van der Waals surface area contributed by atoms with Crippen LogP contribution in [-0.4, -0.2) is 4.99 Å². The van der Waals surface area contributed by atoms with Crippen molar-refractivity contribution in [3.8, 4) is 0 Å². The first-order valence-corrected chi connectivity index (χ1v) is 7.29. The number of halogens is 3. The van der Waals surface area contributed by atoms with E-state index in [0.717, 1.165) is 11.3 Å². The van der Waals surface area contributed by atoms with E-state index >= 15 is 0 Å². The van der Waals surface area contributed by atoms with Crippen LogP contribution in [0.4, 0.5) is 15.8 Å². The number of hydrogen-bond acceptors (Lipinski definition) is 2. The number of hydrogen-bond donors (Lipinski definition) is 2. The van der Waals surface area contributed by atoms with Crippen LogP contribution in [0.1, 0.15) is 11.1 Å². The molecule has 0 aliphatic heterocycles. The van der Waals surface area contributed by atoms with Crippen LogP contribution in [0.15, 0.2) is 34.8 Å². The van der Waals surface area contributed by atoms with E-state index in [4.69, 9.17) is 29.6 Å². The Hall–Kier alpha value is -1.17. The first-order chi connectivity index (χ1) is 9.40. The van der Waals surface area contributed by atoms with E-state index in [0.29, 0.717) is 16.3 Å². The van der Waals surface area contributed by atoms with Gasteiger partial charge in [0, 0.05) is 16.3 Å². The van der Waals surface area contributed by atoms with Crippen LogP contribution in [0, 0.1) is 12.7 Å². The van der Waals surface area contributed by atoms with Crippen molar-refractivity contribution in [2.75, 3.05) is 5.32 Å². The zero-order valence-corrected chi connectivity index (χ0v) is 13.7. The van der Waals surface area contributed by atoms with Crippen molar-refractivity contribution in [2.45, 2.75) is 6.92 Å². The Morgan fingerprint density at radius 3 is 2.55 bits per heavy atom. The van der Waals surface area contributed by atoms with Gasteiger partial charge in [0.2, 0.25) is 0 Å². The molecule has 0 fully saturated rings. The van der Waals surface area contributed by atoms with Crippen LogP contribution in [0.5, 0.6) is 0 Å². The fourth-order valence-corrected chi connectivity index (χ4v) is 2.84. The van der Waals surface area contributed by atoms with Crippen LogP contribution in [0.25, 0.3) is 0 Å². The Balaban J connectivity index is 2.39. The lowest BCUT2D eigenvalue weighted by Crippen LogP contribution is -2.11. The third-order valence-electron chi connectivity index (χ3n) is 2.81. The van der Waals surface area contributed by atoms with Gasteiger partial charge in [-0.25, -0.2) is 4.39 Å². The molecule has 0 atom stereocenters. The maximum Gasteiger partial charge on any atom is 0.161 e. The predicted molar refractivity (Wildman–Crippen MR) is 89.5 cm³/mol. The second kappa shape index (κ2) is 6.08. The van der Waals surface area contributed by atoms with Crippen LogP contribution in [-0.2, 0) is 0 Å². The summed E-state index contributed by atoms with van der Waals surface area (Å²) in [5.74, 6) is -0.440. The molecule has 0 aliphatic carbocycles. The van der Waals surface area contributed by atoms with Crippen LogP contribution < -0.4 is 11.1 Å². The van der Waals surface area contributed by atoms with Gasteiger partial charge in [0.15, 0.2) is 5.82 Å². The quantitative estimate of drug-likeness (QED) is 0.749. The summed E-state index contributed by atoms with van der Waals surface area (Å²) in [6.07, 6.45) is 0. The highest BCUT2D eigenvalue weighted by Gasteiger charge is 2.13. The highest BCUT2D eigenvalue weighted by atomic mass is 79.9. The molecule has 0 aromatic heterocycles. The number of anilines is 2. The van der Waals surface area contributed by atoms with E-state index in [1.54, 1.807) is 30.3 Å². The molecular weight excluding hydrogens is 363 g/mol. The Bertz CT molecular complexity index is 691. The highest BCUT2D eigenvalue weighted by Crippen LogP contribution is 2.30. The smallest absolute Gasteiger partial charge is 0.161 e. The lowest BCUT2D eigenvalue weighted by Gasteiger charge is -2.13. The van der Waals surface area contributed by atoms with Crippen molar-refractivity contribution < 1.29 is 4.39 Å². The fraction of sp³-hybridized carbons (Fsp3) is 0.0714. The van der Waals surface area contributed by atoms with E-state index < -0.39 is 5.82 Å². The molecule has 0 saturated carbocycles. The number of nitrogens with one attached hydrogen (secondary N) is 1. The first-order valence-electron chi connectivity index (χ1n) is 5.71. The molecule has 6 heteroatoms. The monoisotopic (exact) mass is 372 g/mol. The predicted octanol–water partition coefficient (Wildman–Crippen LogP) is 4.93. The van der Waals surface area contributed by atoms with E-state index in [1.165, 1.54) is 0 Å². The molecule has 0 spiro atoms. The van der Waals surface area contributed by atoms with Gasteiger partial charge < -0.3 is 11.1 Å². The molecule has 0 radical (unpaired) electrons. The van der Waals surface area contributed by atoms with Crippen molar-refractivity contribution in [1.29, 1.82) is 0 Å². The van der Waals surface area contributed by atoms with Gasteiger partial charge in [0.25, 0.3) is 0 Å². The largest absolute Gasteiger partial charge is 0.389 e. The molecule has 0 bridgehead atoms. The minimum absolute atomic E-state index is 0.144. The molecule has 2 nitrogen and oxygen atoms in total. The van der Waals surface area contributed by atoms with Gasteiger partial charge in [-0.1, -0.05) is 23.8 Å². The molecule has 0 unspecified atom stereocenters. The third kappa shape index (κ3) is 3.11. The van der Waals surface area contributed by atoms with Gasteiger partial charge in [-0.05, 0) is 58.7 Å². The third-order valence-corrected chi connectivity index (χ3v) is 4.04. The summed E-state index contributed by atoms with van der Waals surface area (Å²) in [5, 5.41) is 3.66. The average Bonchev–Trinajstić information content (AvgIpc) is 2.37. The van der Waals surface area contributed by atoms with E-state index in [2.05, 4.69) is 21.2 Å². The molecule has 104 valence electrons. The van der Waals surface area contributed by atoms with E-state index in [1.807, 2.05) is 6.92 Å². The fourth-order valence-electron chi connectivity index (χ4n) is 1.75. The summed E-state index contributed by atoms with van der Waals surface area (Å²) >= 11 is 13.9. The maximum atomic E-state index is 14.3. The first kappa shape index (κ1) is 15.2. The van der Waals surface area contributed by atoms with Crippen LogP contribution >= 0.6 is 39.7 Å². The summed E-state index contributed by atoms with van der Waals surface area (Å²) in [4.78, 5) is 0.144. The zero-order chi connectivity index (χ0) is 14.9. The topological polar surface area (TPSA) is 38.0 Å². The van der Waals surface area contributed by atoms with E-state index in [-0.39, 0.29) is 9.46 Å². The normalized spacial score (nSPS) is 10.4. The maximum absolute atomic E-state index is 14.3. The van der Waals surface area contributed by atoms with Crippen molar-refractivity contribution in [1.82, 2.24) is 0 Å². The second-order valence-electron chi connectivity index (χ2n) is 4.24. The number of thiocarbonyl (C=S) groups is 1. The molecule has 20 heavy (non-hydrogen) atoms. The molecule has 2 rings (SSSR count). The Morgan fingerprint density at radius 1 is 1.30 bits per heavy atom. The molecule has 0 saturated heterocycles. The number of benzene rings is 2. The summed E-state index contributed by atoms with van der Waals surface area (Å²) in [6, 6.07) is 8.62. The summed E-state index contributed by atoms with van der Waals surface area (Å²) in [6.45, 7) is 1.89. The van der Waals surface area contributed by atoms with Gasteiger partial charge in [-0.2, -0.15) is 0 Å². The standard InChI is InChI=1S/C14H11BrClFN2S/c1-7-6-8(16)2-4-10(7)19-11-5-3-9(14(18)20)12(15)13(11)17/h2-6,19H,1H3,(H2,18,20). The highest BCUT2D eigenvalue weighted by molar-refractivity contribution is 9.10. The molecule has 0 amide bonds. The Labute approximate surface area is 135 Å². The summed E-state index contributed by atoms with van der Waals surface area (Å²) in [5.41, 5.74) is 8.03. The van der Waals surface area contributed by atoms with Crippen LogP contribution in [0.3, 0.4) is 0 Å². The summed E-state index contributed by atoms with van der Waals surface area (Å²) in [7, 11) is 0. The second-order valence-corrected chi connectivity index (χ2v) is 5.91. The van der Waals surface area contributed by atoms with Crippen LogP contribution in [0.2, 0.25) is 5.02 Å². The zero-order valence-electron chi connectivity index (χ0n) is 10.5. The Kier molecular flexibility index (Phi) is 4.62. The van der Waals surface area contributed by atoms with Crippen molar-refractivity contribution in [2.24, 2.45) is 5.73 Å². The molecular formula is C14H11BrClFN2S. The number of aryl methyl sites for hydroxylation is 1. The van der Waals surface area contributed by atoms with Gasteiger partial charge in [0.05, 0.1) is 10.2 Å². The van der Waals surface area contributed by atoms with Crippen molar-refractivity contribution in [3.05, 3.63) is 56.8 Å². The van der Waals surface area contributed by atoms with Gasteiger partial charge in [-0.3, -0.25) is 0 Å². The lowest BCUT2D eigenvalue weighted by atomic mass is 10.1. The molecule has 2 aromatic carbocycles. The van der Waals surface area contributed by atoms with Crippen molar-refractivity contribution in [3.63, 3.8) is 0 Å². The van der Waals surface area contributed by atoms with E-state index in [9.17, 15) is 4.39 Å². The minimum Gasteiger partial charge on any atom is -0.389 e. The SMILES string of the molecule is Cc1cc(Cl)ccc1Nc1ccc(C(N)=S)c(Br)c1F. The molecule has 0 aliphatic rings.